The Balaban J connectivity index is 2.67. The third-order valence-corrected chi connectivity index (χ3v) is 2.02. The monoisotopic (exact) mass is 209 g/mol. The molecule has 0 aliphatic rings. The summed E-state index contributed by atoms with van der Waals surface area (Å²) >= 11 is 0. The lowest BCUT2D eigenvalue weighted by Crippen LogP contribution is -2.29. The molecular formula is C10H15N3O2. The Morgan fingerprint density at radius 2 is 2.33 bits per heavy atom. The summed E-state index contributed by atoms with van der Waals surface area (Å²) in [4.78, 5) is 17.0. The van der Waals surface area contributed by atoms with Crippen LogP contribution < -0.4 is 5.73 Å². The molecule has 0 unspecified atom stereocenters. The van der Waals surface area contributed by atoms with Gasteiger partial charge in [0.25, 0.3) is 5.91 Å². The van der Waals surface area contributed by atoms with Crippen molar-refractivity contribution in [2.24, 2.45) is 5.73 Å². The summed E-state index contributed by atoms with van der Waals surface area (Å²) < 4.78 is 0. The molecule has 1 rings (SSSR count). The number of rotatable bonds is 4. The van der Waals surface area contributed by atoms with Crippen LogP contribution >= 0.6 is 0 Å². The maximum Gasteiger partial charge on any atom is 0.255 e. The lowest BCUT2D eigenvalue weighted by molar-refractivity contribution is 0.0793. The first-order chi connectivity index (χ1) is 7.15. The topological polar surface area (TPSA) is 79.5 Å². The molecule has 1 heterocycles. The predicted octanol–water partition coefficient (Wildman–Crippen LogP) is 0.208. The summed E-state index contributed by atoms with van der Waals surface area (Å²) in [6.45, 7) is 1.15. The lowest BCUT2D eigenvalue weighted by Gasteiger charge is -2.16. The summed E-state index contributed by atoms with van der Waals surface area (Å²) in [7, 11) is 1.70. The zero-order valence-electron chi connectivity index (χ0n) is 8.68. The first-order valence-electron chi connectivity index (χ1n) is 4.74. The molecular weight excluding hydrogens is 194 g/mol. The van der Waals surface area contributed by atoms with E-state index in [0.29, 0.717) is 18.7 Å². The van der Waals surface area contributed by atoms with Crippen LogP contribution in [0.5, 0.6) is 5.75 Å². The smallest absolute Gasteiger partial charge is 0.255 e. The van der Waals surface area contributed by atoms with Crippen molar-refractivity contribution in [3.63, 3.8) is 0 Å². The van der Waals surface area contributed by atoms with Gasteiger partial charge in [0.2, 0.25) is 0 Å². The van der Waals surface area contributed by atoms with Crippen LogP contribution in [0.3, 0.4) is 0 Å². The van der Waals surface area contributed by atoms with Crippen LogP contribution in [-0.4, -0.2) is 41.0 Å². The fraction of sp³-hybridized carbons (Fsp3) is 0.400. The number of hydrogen-bond donors (Lipinski definition) is 2. The van der Waals surface area contributed by atoms with E-state index in [-0.39, 0.29) is 11.7 Å². The van der Waals surface area contributed by atoms with Gasteiger partial charge < -0.3 is 15.7 Å². The third-order valence-electron chi connectivity index (χ3n) is 2.02. The van der Waals surface area contributed by atoms with E-state index in [4.69, 9.17) is 10.8 Å². The molecule has 0 radical (unpaired) electrons. The number of carbonyl (C=O) groups is 1. The van der Waals surface area contributed by atoms with Gasteiger partial charge in [-0.3, -0.25) is 9.78 Å². The maximum atomic E-state index is 11.7. The summed E-state index contributed by atoms with van der Waals surface area (Å²) in [5, 5.41) is 9.17. The Hall–Kier alpha value is -1.62. The van der Waals surface area contributed by atoms with Gasteiger partial charge in [-0.2, -0.15) is 0 Å². The number of aromatic nitrogens is 1. The molecule has 0 aliphatic carbocycles. The number of nitrogens with two attached hydrogens (primary N) is 1. The van der Waals surface area contributed by atoms with E-state index in [0.717, 1.165) is 6.42 Å². The second-order valence-corrected chi connectivity index (χ2v) is 3.30. The van der Waals surface area contributed by atoms with Gasteiger partial charge in [0.1, 0.15) is 5.75 Å². The standard InChI is InChI=1S/C10H15N3O2/c1-13(4-2-3-11)10(15)8-5-9(14)7-12-6-8/h5-7,14H,2-4,11H2,1H3. The van der Waals surface area contributed by atoms with Crippen molar-refractivity contribution < 1.29 is 9.90 Å². The molecule has 5 heteroatoms. The van der Waals surface area contributed by atoms with Crippen LogP contribution in [0.25, 0.3) is 0 Å². The Morgan fingerprint density at radius 1 is 1.60 bits per heavy atom. The van der Waals surface area contributed by atoms with E-state index >= 15 is 0 Å². The first kappa shape index (κ1) is 11.5. The van der Waals surface area contributed by atoms with Gasteiger partial charge in [-0.25, -0.2) is 0 Å². The largest absolute Gasteiger partial charge is 0.506 e. The van der Waals surface area contributed by atoms with Crippen LogP contribution in [0.1, 0.15) is 16.8 Å². The Kier molecular flexibility index (Phi) is 4.05. The van der Waals surface area contributed by atoms with Gasteiger partial charge in [0.05, 0.1) is 11.8 Å². The lowest BCUT2D eigenvalue weighted by atomic mass is 10.2. The number of carbonyl (C=O) groups excluding carboxylic acids is 1. The van der Waals surface area contributed by atoms with E-state index in [1.807, 2.05) is 0 Å². The molecule has 0 fully saturated rings. The molecule has 0 aromatic carbocycles. The second kappa shape index (κ2) is 5.31. The van der Waals surface area contributed by atoms with Crippen molar-refractivity contribution >= 4 is 5.91 Å². The van der Waals surface area contributed by atoms with E-state index in [2.05, 4.69) is 4.98 Å². The fourth-order valence-electron chi connectivity index (χ4n) is 1.20. The minimum absolute atomic E-state index is 0.00641. The van der Waals surface area contributed by atoms with E-state index < -0.39 is 0 Å². The van der Waals surface area contributed by atoms with Gasteiger partial charge in [-0.15, -0.1) is 0 Å². The Labute approximate surface area is 88.5 Å². The van der Waals surface area contributed by atoms with Crippen LogP contribution in [-0.2, 0) is 0 Å². The van der Waals surface area contributed by atoms with Gasteiger partial charge >= 0.3 is 0 Å². The van der Waals surface area contributed by atoms with E-state index in [1.54, 1.807) is 11.9 Å². The fourth-order valence-corrected chi connectivity index (χ4v) is 1.20. The number of hydrogen-bond acceptors (Lipinski definition) is 4. The number of nitrogens with zero attached hydrogens (tertiary/aromatic N) is 2. The average molecular weight is 209 g/mol. The summed E-state index contributed by atoms with van der Waals surface area (Å²) in [6, 6.07) is 1.40. The second-order valence-electron chi connectivity index (χ2n) is 3.30. The molecule has 82 valence electrons. The zero-order chi connectivity index (χ0) is 11.3. The highest BCUT2D eigenvalue weighted by molar-refractivity contribution is 5.94. The van der Waals surface area contributed by atoms with Crippen LogP contribution in [0.2, 0.25) is 0 Å². The Bertz CT molecular complexity index is 341. The summed E-state index contributed by atoms with van der Waals surface area (Å²) in [5.41, 5.74) is 5.73. The molecule has 5 nitrogen and oxygen atoms in total. The van der Waals surface area contributed by atoms with Crippen molar-refractivity contribution in [1.82, 2.24) is 9.88 Å². The molecule has 1 aromatic heterocycles. The number of pyridine rings is 1. The van der Waals surface area contributed by atoms with E-state index in [9.17, 15) is 4.79 Å². The zero-order valence-corrected chi connectivity index (χ0v) is 8.68. The van der Waals surface area contributed by atoms with Gasteiger partial charge in [-0.05, 0) is 19.0 Å². The van der Waals surface area contributed by atoms with Crippen molar-refractivity contribution in [3.8, 4) is 5.75 Å². The molecule has 0 saturated carbocycles. The number of amides is 1. The highest BCUT2D eigenvalue weighted by Crippen LogP contribution is 2.10. The third kappa shape index (κ3) is 3.21. The molecule has 0 atom stereocenters. The molecule has 0 bridgehead atoms. The maximum absolute atomic E-state index is 11.7. The first-order valence-corrected chi connectivity index (χ1v) is 4.74. The molecule has 1 aromatic rings. The summed E-state index contributed by atoms with van der Waals surface area (Å²) in [5.74, 6) is -0.167. The minimum Gasteiger partial charge on any atom is -0.506 e. The SMILES string of the molecule is CN(CCCN)C(=O)c1cncc(O)c1. The predicted molar refractivity (Wildman–Crippen MR) is 56.5 cm³/mol. The van der Waals surface area contributed by atoms with Crippen molar-refractivity contribution in [3.05, 3.63) is 24.0 Å². The molecule has 1 amide bonds. The molecule has 0 saturated heterocycles. The van der Waals surface area contributed by atoms with Gasteiger partial charge in [-0.1, -0.05) is 0 Å². The molecule has 3 N–H and O–H groups in total. The summed E-state index contributed by atoms with van der Waals surface area (Å²) in [6.07, 6.45) is 3.48. The van der Waals surface area contributed by atoms with Gasteiger partial charge in [0, 0.05) is 19.8 Å². The van der Waals surface area contributed by atoms with E-state index in [1.165, 1.54) is 18.5 Å². The van der Waals surface area contributed by atoms with Crippen LogP contribution in [0.15, 0.2) is 18.5 Å². The van der Waals surface area contributed by atoms with Crippen molar-refractivity contribution in [2.45, 2.75) is 6.42 Å². The normalized spacial score (nSPS) is 10.0. The number of aromatic hydroxyl groups is 1. The van der Waals surface area contributed by atoms with Crippen molar-refractivity contribution in [2.75, 3.05) is 20.1 Å². The quantitative estimate of drug-likeness (QED) is 0.742. The van der Waals surface area contributed by atoms with Gasteiger partial charge in [0.15, 0.2) is 0 Å². The molecule has 0 spiro atoms. The molecule has 15 heavy (non-hydrogen) atoms. The molecule has 0 aliphatic heterocycles. The highest BCUT2D eigenvalue weighted by Gasteiger charge is 2.11. The average Bonchev–Trinajstić information content (AvgIpc) is 2.24. The minimum atomic E-state index is -0.160. The van der Waals surface area contributed by atoms with Crippen LogP contribution in [0, 0.1) is 0 Å². The van der Waals surface area contributed by atoms with Crippen LogP contribution in [0.4, 0.5) is 0 Å². The highest BCUT2D eigenvalue weighted by atomic mass is 16.3. The van der Waals surface area contributed by atoms with Crippen molar-refractivity contribution in [1.29, 1.82) is 0 Å². The Morgan fingerprint density at radius 3 is 2.93 bits per heavy atom.